The zero-order chi connectivity index (χ0) is 14.4. The number of carbonyl (C=O) groups is 1. The molecule has 2 rings (SSSR count). The highest BCUT2D eigenvalue weighted by molar-refractivity contribution is 6.15. The number of nitriles is 1. The second-order valence-corrected chi connectivity index (χ2v) is 5.65. The highest BCUT2D eigenvalue weighted by atomic mass is 16.1. The van der Waals surface area contributed by atoms with Crippen LogP contribution in [0.15, 0.2) is 29.5 Å². The lowest BCUT2D eigenvalue weighted by atomic mass is 9.95. The third kappa shape index (κ3) is 1.76. The molecule has 1 aliphatic heterocycles. The molecule has 3 heteroatoms. The number of benzene rings is 1. The van der Waals surface area contributed by atoms with Gasteiger partial charge in [0.25, 0.3) is 0 Å². The number of anilines is 1. The third-order valence-electron chi connectivity index (χ3n) is 3.64. The Bertz CT molecular complexity index is 629. The van der Waals surface area contributed by atoms with Crippen molar-refractivity contribution in [2.45, 2.75) is 40.2 Å². The molecule has 0 aliphatic carbocycles. The van der Waals surface area contributed by atoms with Gasteiger partial charge in [-0.3, -0.25) is 4.79 Å². The summed E-state index contributed by atoms with van der Waals surface area (Å²) in [5.41, 5.74) is 3.30. The molecular weight excluding hydrogens is 236 g/mol. The first kappa shape index (κ1) is 13.4. The maximum absolute atomic E-state index is 12.6. The summed E-state index contributed by atoms with van der Waals surface area (Å²) in [7, 11) is 0. The van der Waals surface area contributed by atoms with Crippen LogP contribution in [-0.2, 0) is 0 Å². The first-order valence-electron chi connectivity index (χ1n) is 6.34. The van der Waals surface area contributed by atoms with Gasteiger partial charge >= 0.3 is 0 Å². The van der Waals surface area contributed by atoms with Crippen LogP contribution in [0, 0.1) is 18.3 Å². The molecular formula is C16H18N2O. The van der Waals surface area contributed by atoms with Crippen LogP contribution in [0.3, 0.4) is 0 Å². The minimum absolute atomic E-state index is 0.0783. The van der Waals surface area contributed by atoms with Crippen molar-refractivity contribution < 1.29 is 4.79 Å². The first-order chi connectivity index (χ1) is 8.82. The minimum atomic E-state index is -0.712. The molecule has 0 unspecified atom stereocenters. The van der Waals surface area contributed by atoms with Gasteiger partial charge < -0.3 is 4.90 Å². The average molecular weight is 254 g/mol. The average Bonchev–Trinajstić information content (AvgIpc) is 2.52. The Morgan fingerprint density at radius 3 is 2.47 bits per heavy atom. The van der Waals surface area contributed by atoms with Crippen LogP contribution in [-0.4, -0.2) is 11.3 Å². The lowest BCUT2D eigenvalue weighted by Gasteiger charge is -2.32. The molecule has 1 aromatic rings. The van der Waals surface area contributed by atoms with Crippen LogP contribution in [0.4, 0.5) is 5.69 Å². The smallest absolute Gasteiger partial charge is 0.190 e. The van der Waals surface area contributed by atoms with Gasteiger partial charge in [-0.05, 0) is 51.8 Å². The molecule has 0 fully saturated rings. The summed E-state index contributed by atoms with van der Waals surface area (Å²) in [6, 6.07) is 8.01. The van der Waals surface area contributed by atoms with Gasteiger partial charge in [0.1, 0.15) is 17.3 Å². The summed E-state index contributed by atoms with van der Waals surface area (Å²) < 4.78 is 0. The molecule has 98 valence electrons. The van der Waals surface area contributed by atoms with Crippen molar-refractivity contribution >= 4 is 11.5 Å². The van der Waals surface area contributed by atoms with E-state index in [9.17, 15) is 10.1 Å². The molecule has 1 aromatic carbocycles. The summed E-state index contributed by atoms with van der Waals surface area (Å²) >= 11 is 0. The fourth-order valence-electron chi connectivity index (χ4n) is 2.63. The fraction of sp³-hybridized carbons (Fsp3) is 0.375. The van der Waals surface area contributed by atoms with E-state index in [0.29, 0.717) is 5.70 Å². The molecule has 0 N–H and O–H groups in total. The molecule has 0 radical (unpaired) electrons. The van der Waals surface area contributed by atoms with E-state index in [1.165, 1.54) is 0 Å². The van der Waals surface area contributed by atoms with Gasteiger partial charge in [-0.2, -0.15) is 5.26 Å². The molecule has 3 nitrogen and oxygen atoms in total. The number of Topliss-reactive ketones (excluding diaryl/α,β-unsaturated/α-hetero) is 1. The molecule has 0 aromatic heterocycles. The number of nitrogens with zero attached hydrogens (tertiary/aromatic N) is 2. The van der Waals surface area contributed by atoms with Crippen LogP contribution in [0.2, 0.25) is 0 Å². The highest BCUT2D eigenvalue weighted by Gasteiger charge is 2.46. The predicted molar refractivity (Wildman–Crippen MR) is 76.1 cm³/mol. The zero-order valence-corrected chi connectivity index (χ0v) is 12.0. The van der Waals surface area contributed by atoms with Crippen molar-refractivity contribution in [3.8, 4) is 6.07 Å². The van der Waals surface area contributed by atoms with E-state index in [-0.39, 0.29) is 5.78 Å². The Hall–Kier alpha value is -2.08. The normalized spacial score (nSPS) is 16.0. The summed E-state index contributed by atoms with van der Waals surface area (Å²) in [5, 5.41) is 9.41. The lowest BCUT2D eigenvalue weighted by Crippen LogP contribution is -2.44. The van der Waals surface area contributed by atoms with E-state index in [2.05, 4.69) is 6.07 Å². The van der Waals surface area contributed by atoms with Crippen molar-refractivity contribution in [1.82, 2.24) is 0 Å². The van der Waals surface area contributed by atoms with Gasteiger partial charge in [0.05, 0.1) is 5.69 Å². The topological polar surface area (TPSA) is 44.1 Å². The second-order valence-electron chi connectivity index (χ2n) is 5.65. The maximum Gasteiger partial charge on any atom is 0.190 e. The molecule has 1 aliphatic rings. The van der Waals surface area contributed by atoms with E-state index in [1.807, 2.05) is 57.7 Å². The number of rotatable bonds is 1. The van der Waals surface area contributed by atoms with Crippen LogP contribution < -0.4 is 4.90 Å². The third-order valence-corrected chi connectivity index (χ3v) is 3.64. The first-order valence-corrected chi connectivity index (χ1v) is 6.34. The number of aryl methyl sites for hydroxylation is 1. The van der Waals surface area contributed by atoms with Crippen molar-refractivity contribution in [1.29, 1.82) is 5.26 Å². The van der Waals surface area contributed by atoms with Gasteiger partial charge in [-0.1, -0.05) is 12.1 Å². The molecule has 0 bridgehead atoms. The number of fused-ring (bicyclic) bond motifs is 1. The van der Waals surface area contributed by atoms with Crippen LogP contribution in [0.25, 0.3) is 0 Å². The maximum atomic E-state index is 12.6. The second kappa shape index (κ2) is 4.24. The van der Waals surface area contributed by atoms with Crippen molar-refractivity contribution in [3.05, 3.63) is 40.6 Å². The van der Waals surface area contributed by atoms with Gasteiger partial charge in [0, 0.05) is 5.56 Å². The Labute approximate surface area is 114 Å². The zero-order valence-electron chi connectivity index (χ0n) is 12.0. The largest absolute Gasteiger partial charge is 0.319 e. The van der Waals surface area contributed by atoms with E-state index < -0.39 is 5.54 Å². The van der Waals surface area contributed by atoms with Gasteiger partial charge in [-0.25, -0.2) is 0 Å². The van der Waals surface area contributed by atoms with Crippen molar-refractivity contribution in [2.24, 2.45) is 0 Å². The number of hydrogen-bond acceptors (Lipinski definition) is 3. The molecule has 0 spiro atoms. The molecule has 19 heavy (non-hydrogen) atoms. The molecule has 0 amide bonds. The lowest BCUT2D eigenvalue weighted by molar-refractivity contribution is 0.0927. The fourth-order valence-corrected chi connectivity index (χ4v) is 2.63. The Morgan fingerprint density at radius 2 is 1.95 bits per heavy atom. The quantitative estimate of drug-likeness (QED) is 0.719. The molecule has 1 heterocycles. The van der Waals surface area contributed by atoms with Gasteiger partial charge in [-0.15, -0.1) is 0 Å². The number of hydrogen-bond donors (Lipinski definition) is 0. The Balaban J connectivity index is 2.78. The number of ketones is 1. The van der Waals surface area contributed by atoms with E-state index in [0.717, 1.165) is 22.4 Å². The molecule has 0 saturated carbocycles. The monoisotopic (exact) mass is 254 g/mol. The van der Waals surface area contributed by atoms with Gasteiger partial charge in [0.2, 0.25) is 0 Å². The van der Waals surface area contributed by atoms with E-state index >= 15 is 0 Å². The highest BCUT2D eigenvalue weighted by Crippen LogP contribution is 2.42. The van der Waals surface area contributed by atoms with Crippen LogP contribution in [0.1, 0.15) is 43.6 Å². The SMILES string of the molecule is CC(C)=C(C#N)N1c2cccc(C)c2C(=O)C1(C)C. The van der Waals surface area contributed by atoms with Crippen molar-refractivity contribution in [3.63, 3.8) is 0 Å². The predicted octanol–water partition coefficient (Wildman–Crippen LogP) is 3.59. The summed E-state index contributed by atoms with van der Waals surface area (Å²) in [4.78, 5) is 14.5. The van der Waals surface area contributed by atoms with Crippen LogP contribution >= 0.6 is 0 Å². The summed E-state index contributed by atoms with van der Waals surface area (Å²) in [6.07, 6.45) is 0. The van der Waals surface area contributed by atoms with Crippen molar-refractivity contribution in [2.75, 3.05) is 4.90 Å². The Morgan fingerprint density at radius 1 is 1.32 bits per heavy atom. The van der Waals surface area contributed by atoms with E-state index in [1.54, 1.807) is 0 Å². The number of allylic oxidation sites excluding steroid dienone is 2. The Kier molecular flexibility index (Phi) is 2.98. The summed E-state index contributed by atoms with van der Waals surface area (Å²) in [6.45, 7) is 9.47. The number of carbonyl (C=O) groups excluding carboxylic acids is 1. The molecule has 0 saturated heterocycles. The minimum Gasteiger partial charge on any atom is -0.319 e. The van der Waals surface area contributed by atoms with Gasteiger partial charge in [0.15, 0.2) is 5.78 Å². The standard InChI is InChI=1S/C16H18N2O/c1-10(2)13(9-17)18-12-8-6-7-11(3)14(12)15(19)16(18,4)5/h6-8H,1-5H3. The van der Waals surface area contributed by atoms with Crippen LogP contribution in [0.5, 0.6) is 0 Å². The van der Waals surface area contributed by atoms with E-state index in [4.69, 9.17) is 0 Å². The molecule has 0 atom stereocenters. The summed E-state index contributed by atoms with van der Waals surface area (Å²) in [5.74, 6) is 0.0783.